The van der Waals surface area contributed by atoms with Gasteiger partial charge in [0.1, 0.15) is 0 Å². The first-order valence-electron chi connectivity index (χ1n) is 4.69. The molecule has 0 heterocycles. The molecular formula is C12H9F2NO. The Hall–Kier alpha value is -2.10. The topological polar surface area (TPSA) is 21.3 Å². The van der Waals surface area contributed by atoms with Crippen molar-refractivity contribution >= 4 is 5.69 Å². The number of rotatable bonds is 3. The minimum atomic E-state index is -0.747. The van der Waals surface area contributed by atoms with E-state index in [1.54, 1.807) is 24.3 Å². The number of benzene rings is 2. The minimum Gasteiger partial charge on any atom is -0.376 e. The van der Waals surface area contributed by atoms with E-state index in [1.807, 2.05) is 6.07 Å². The van der Waals surface area contributed by atoms with Crippen molar-refractivity contribution in [2.75, 3.05) is 5.48 Å². The molecule has 2 nitrogen and oxygen atoms in total. The Labute approximate surface area is 91.4 Å². The number of hydrogen-bond donors (Lipinski definition) is 1. The molecule has 0 saturated heterocycles. The third-order valence-corrected chi connectivity index (χ3v) is 1.96. The normalized spacial score (nSPS) is 9.88. The van der Waals surface area contributed by atoms with E-state index in [1.165, 1.54) is 6.07 Å². The van der Waals surface area contributed by atoms with Gasteiger partial charge in [0.05, 0.1) is 5.69 Å². The van der Waals surface area contributed by atoms with E-state index >= 15 is 0 Å². The van der Waals surface area contributed by atoms with E-state index in [4.69, 9.17) is 4.84 Å². The largest absolute Gasteiger partial charge is 0.376 e. The summed E-state index contributed by atoms with van der Waals surface area (Å²) in [6.45, 7) is 0. The molecule has 0 spiro atoms. The number of para-hydroxylation sites is 2. The summed E-state index contributed by atoms with van der Waals surface area (Å²) in [5.41, 5.74) is 3.08. The third kappa shape index (κ3) is 2.28. The Morgan fingerprint density at radius 1 is 0.812 bits per heavy atom. The first-order valence-corrected chi connectivity index (χ1v) is 4.69. The van der Waals surface area contributed by atoms with Gasteiger partial charge in [0.15, 0.2) is 11.6 Å². The van der Waals surface area contributed by atoms with Crippen LogP contribution in [-0.4, -0.2) is 0 Å². The minimum absolute atomic E-state index is 0.439. The van der Waals surface area contributed by atoms with E-state index in [2.05, 4.69) is 5.48 Å². The van der Waals surface area contributed by atoms with Gasteiger partial charge < -0.3 is 4.84 Å². The van der Waals surface area contributed by atoms with Crippen molar-refractivity contribution in [3.63, 3.8) is 0 Å². The van der Waals surface area contributed by atoms with Gasteiger partial charge in [-0.3, -0.25) is 0 Å². The lowest BCUT2D eigenvalue weighted by Gasteiger charge is -2.09. The highest BCUT2D eigenvalue weighted by Crippen LogP contribution is 2.21. The SMILES string of the molecule is Fc1cccc(F)c1ONc1ccccc1. The van der Waals surface area contributed by atoms with Crippen LogP contribution in [0.15, 0.2) is 48.5 Å². The molecule has 0 bridgehead atoms. The van der Waals surface area contributed by atoms with Crippen LogP contribution in [0.4, 0.5) is 14.5 Å². The highest BCUT2D eigenvalue weighted by atomic mass is 19.1. The molecule has 0 amide bonds. The molecule has 0 aliphatic rings. The van der Waals surface area contributed by atoms with Crippen LogP contribution in [-0.2, 0) is 0 Å². The molecule has 0 radical (unpaired) electrons. The molecule has 1 N–H and O–H groups in total. The molecule has 0 aromatic heterocycles. The summed E-state index contributed by atoms with van der Waals surface area (Å²) in [5, 5.41) is 0. The lowest BCUT2D eigenvalue weighted by Crippen LogP contribution is -2.07. The highest BCUT2D eigenvalue weighted by molar-refractivity contribution is 5.41. The van der Waals surface area contributed by atoms with E-state index in [-0.39, 0.29) is 0 Å². The molecule has 0 saturated carbocycles. The number of halogens is 2. The Bertz CT molecular complexity index is 453. The molecule has 4 heteroatoms. The fourth-order valence-corrected chi connectivity index (χ4v) is 1.20. The second-order valence-electron chi connectivity index (χ2n) is 3.12. The molecule has 0 fully saturated rings. The van der Waals surface area contributed by atoms with E-state index < -0.39 is 17.4 Å². The molecule has 0 atom stereocenters. The average Bonchev–Trinajstić information content (AvgIpc) is 2.30. The van der Waals surface area contributed by atoms with Crippen molar-refractivity contribution in [2.45, 2.75) is 0 Å². The lowest BCUT2D eigenvalue weighted by molar-refractivity contribution is 0.353. The number of nitrogens with one attached hydrogen (secondary N) is 1. The maximum atomic E-state index is 13.1. The summed E-state index contributed by atoms with van der Waals surface area (Å²) in [5.74, 6) is -1.93. The number of hydrogen-bond acceptors (Lipinski definition) is 2. The lowest BCUT2D eigenvalue weighted by atomic mass is 10.3. The zero-order valence-electron chi connectivity index (χ0n) is 8.28. The van der Waals surface area contributed by atoms with E-state index in [9.17, 15) is 8.78 Å². The van der Waals surface area contributed by atoms with Gasteiger partial charge >= 0.3 is 0 Å². The molecule has 16 heavy (non-hydrogen) atoms. The van der Waals surface area contributed by atoms with Crippen molar-refractivity contribution in [1.82, 2.24) is 0 Å². The van der Waals surface area contributed by atoms with Gasteiger partial charge in [-0.2, -0.15) is 0 Å². The van der Waals surface area contributed by atoms with Crippen LogP contribution >= 0.6 is 0 Å². The zero-order valence-corrected chi connectivity index (χ0v) is 8.28. The molecule has 2 aromatic carbocycles. The van der Waals surface area contributed by atoms with Gasteiger partial charge in [0.25, 0.3) is 0 Å². The van der Waals surface area contributed by atoms with Gasteiger partial charge in [-0.25, -0.2) is 14.3 Å². The summed E-state index contributed by atoms with van der Waals surface area (Å²) in [6, 6.07) is 12.4. The summed E-state index contributed by atoms with van der Waals surface area (Å²) in [4.78, 5) is 4.85. The van der Waals surface area contributed by atoms with Gasteiger partial charge in [-0.05, 0) is 24.3 Å². The average molecular weight is 221 g/mol. The maximum absolute atomic E-state index is 13.1. The Morgan fingerprint density at radius 2 is 1.44 bits per heavy atom. The molecule has 82 valence electrons. The predicted octanol–water partition coefficient (Wildman–Crippen LogP) is 3.37. The first kappa shape index (κ1) is 10.4. The molecule has 2 rings (SSSR count). The van der Waals surface area contributed by atoms with Crippen molar-refractivity contribution in [1.29, 1.82) is 0 Å². The van der Waals surface area contributed by atoms with Crippen LogP contribution in [0.25, 0.3) is 0 Å². The van der Waals surface area contributed by atoms with Gasteiger partial charge in [-0.15, -0.1) is 0 Å². The standard InChI is InChI=1S/C12H9F2NO/c13-10-7-4-8-11(14)12(10)16-15-9-5-2-1-3-6-9/h1-8,15H. The van der Waals surface area contributed by atoms with E-state index in [0.717, 1.165) is 12.1 Å². The van der Waals surface area contributed by atoms with Crippen LogP contribution in [0.2, 0.25) is 0 Å². The predicted molar refractivity (Wildman–Crippen MR) is 57.1 cm³/mol. The van der Waals surface area contributed by atoms with Crippen LogP contribution in [0, 0.1) is 11.6 Å². The van der Waals surface area contributed by atoms with Crippen molar-refractivity contribution in [3.05, 3.63) is 60.2 Å². The van der Waals surface area contributed by atoms with Crippen molar-refractivity contribution < 1.29 is 13.6 Å². The summed E-state index contributed by atoms with van der Waals surface area (Å²) < 4.78 is 26.3. The highest BCUT2D eigenvalue weighted by Gasteiger charge is 2.09. The smallest absolute Gasteiger partial charge is 0.226 e. The molecular weight excluding hydrogens is 212 g/mol. The Kier molecular flexibility index (Phi) is 3.00. The molecule has 0 unspecified atom stereocenters. The summed E-state index contributed by atoms with van der Waals surface area (Å²) >= 11 is 0. The summed E-state index contributed by atoms with van der Waals surface area (Å²) in [7, 11) is 0. The fourth-order valence-electron chi connectivity index (χ4n) is 1.20. The second-order valence-corrected chi connectivity index (χ2v) is 3.12. The van der Waals surface area contributed by atoms with Crippen LogP contribution in [0.1, 0.15) is 0 Å². The Balaban J connectivity index is 2.11. The monoisotopic (exact) mass is 221 g/mol. The Morgan fingerprint density at radius 3 is 2.06 bits per heavy atom. The van der Waals surface area contributed by atoms with E-state index in [0.29, 0.717) is 5.69 Å². The van der Waals surface area contributed by atoms with Gasteiger partial charge in [0.2, 0.25) is 5.75 Å². The van der Waals surface area contributed by atoms with Crippen molar-refractivity contribution in [2.24, 2.45) is 0 Å². The van der Waals surface area contributed by atoms with Crippen LogP contribution in [0.3, 0.4) is 0 Å². The molecule has 0 aliphatic heterocycles. The quantitative estimate of drug-likeness (QED) is 0.802. The second kappa shape index (κ2) is 4.61. The maximum Gasteiger partial charge on any atom is 0.226 e. The number of anilines is 1. The van der Waals surface area contributed by atoms with Gasteiger partial charge in [0, 0.05) is 0 Å². The first-order chi connectivity index (χ1) is 7.77. The van der Waals surface area contributed by atoms with Crippen LogP contribution in [0.5, 0.6) is 5.75 Å². The van der Waals surface area contributed by atoms with Crippen LogP contribution < -0.4 is 10.3 Å². The third-order valence-electron chi connectivity index (χ3n) is 1.96. The summed E-state index contributed by atoms with van der Waals surface area (Å²) in [6.07, 6.45) is 0. The molecule has 2 aromatic rings. The molecule has 0 aliphatic carbocycles. The van der Waals surface area contributed by atoms with Crippen molar-refractivity contribution in [3.8, 4) is 5.75 Å². The fraction of sp³-hybridized carbons (Fsp3) is 0. The van der Waals surface area contributed by atoms with Gasteiger partial charge in [-0.1, -0.05) is 24.3 Å². The zero-order chi connectivity index (χ0) is 11.4.